The highest BCUT2D eigenvalue weighted by atomic mass is 19.1. The second-order valence-corrected chi connectivity index (χ2v) is 4.54. The average Bonchev–Trinajstić information content (AvgIpc) is 2.96. The molecule has 0 fully saturated rings. The molecule has 0 radical (unpaired) electrons. The Morgan fingerprint density at radius 3 is 2.45 bits per heavy atom. The van der Waals surface area contributed by atoms with Gasteiger partial charge in [-0.2, -0.15) is 0 Å². The highest BCUT2D eigenvalue weighted by Crippen LogP contribution is 2.20. The summed E-state index contributed by atoms with van der Waals surface area (Å²) in [6.45, 7) is 0. The molecule has 3 rings (SSSR count). The molecule has 4 heteroatoms. The Labute approximate surface area is 116 Å². The molecular weight excluding hydrogens is 255 g/mol. The van der Waals surface area contributed by atoms with Gasteiger partial charge in [0.2, 0.25) is 0 Å². The van der Waals surface area contributed by atoms with Crippen molar-refractivity contribution in [3.8, 4) is 11.3 Å². The summed E-state index contributed by atoms with van der Waals surface area (Å²) in [6.07, 6.45) is 5.21. The van der Waals surface area contributed by atoms with Crippen LogP contribution >= 0.6 is 0 Å². The molecule has 1 aromatic carbocycles. The van der Waals surface area contributed by atoms with Crippen LogP contribution in [-0.4, -0.2) is 10.1 Å². The van der Waals surface area contributed by atoms with Crippen molar-refractivity contribution in [2.75, 3.05) is 0 Å². The average molecular weight is 268 g/mol. The lowest BCUT2D eigenvalue weighted by molar-refractivity contribution is 0.385. The van der Waals surface area contributed by atoms with Gasteiger partial charge < -0.3 is 4.52 Å². The Kier molecular flexibility index (Phi) is 3.54. The third kappa shape index (κ3) is 2.91. The maximum atomic E-state index is 12.9. The first-order valence-electron chi connectivity index (χ1n) is 6.42. The number of aromatic nitrogens is 2. The number of nitrogens with zero attached hydrogens (tertiary/aromatic N) is 2. The van der Waals surface area contributed by atoms with Crippen LogP contribution in [0.5, 0.6) is 0 Å². The van der Waals surface area contributed by atoms with Gasteiger partial charge >= 0.3 is 0 Å². The lowest BCUT2D eigenvalue weighted by Crippen LogP contribution is -1.89. The van der Waals surface area contributed by atoms with Gasteiger partial charge in [-0.15, -0.1) is 0 Å². The molecule has 0 aliphatic rings. The van der Waals surface area contributed by atoms with Gasteiger partial charge in [0.25, 0.3) is 0 Å². The predicted octanol–water partition coefficient (Wildman–Crippen LogP) is 3.66. The summed E-state index contributed by atoms with van der Waals surface area (Å²) < 4.78 is 18.2. The Morgan fingerprint density at radius 2 is 1.70 bits per heavy atom. The Morgan fingerprint density at radius 1 is 0.950 bits per heavy atom. The fourth-order valence-electron chi connectivity index (χ4n) is 2.00. The molecule has 0 unspecified atom stereocenters. The van der Waals surface area contributed by atoms with Crippen LogP contribution in [0, 0.1) is 5.82 Å². The van der Waals surface area contributed by atoms with E-state index >= 15 is 0 Å². The van der Waals surface area contributed by atoms with Gasteiger partial charge in [-0.25, -0.2) is 4.39 Å². The summed E-state index contributed by atoms with van der Waals surface area (Å²) in [4.78, 5) is 3.98. The number of rotatable bonds is 4. The maximum absolute atomic E-state index is 12.9. The fraction of sp³-hybridized carbons (Fsp3) is 0.125. The summed E-state index contributed by atoms with van der Waals surface area (Å²) in [5.41, 5.74) is 2.79. The van der Waals surface area contributed by atoms with Crippen molar-refractivity contribution in [1.29, 1.82) is 0 Å². The number of halogens is 1. The van der Waals surface area contributed by atoms with Gasteiger partial charge in [-0.05, 0) is 48.4 Å². The number of hydrogen-bond donors (Lipinski definition) is 0. The molecule has 0 aliphatic carbocycles. The molecule has 2 heterocycles. The fourth-order valence-corrected chi connectivity index (χ4v) is 2.00. The van der Waals surface area contributed by atoms with E-state index in [1.54, 1.807) is 24.5 Å². The summed E-state index contributed by atoms with van der Waals surface area (Å²) in [7, 11) is 0. The zero-order valence-electron chi connectivity index (χ0n) is 10.8. The second-order valence-electron chi connectivity index (χ2n) is 4.54. The van der Waals surface area contributed by atoms with Crippen molar-refractivity contribution < 1.29 is 8.91 Å². The number of benzene rings is 1. The van der Waals surface area contributed by atoms with Gasteiger partial charge in [0.15, 0.2) is 0 Å². The van der Waals surface area contributed by atoms with Crippen LogP contribution in [0.15, 0.2) is 59.4 Å². The quantitative estimate of drug-likeness (QED) is 0.724. The summed E-state index contributed by atoms with van der Waals surface area (Å²) in [5, 5.41) is 4.02. The van der Waals surface area contributed by atoms with Crippen molar-refractivity contribution in [2.24, 2.45) is 0 Å². The molecular formula is C16H13FN2O. The standard InChI is InChI=1S/C16H13FN2O/c17-14-4-2-13(3-5-14)16-11-15(20-19-16)6-1-12-7-9-18-10-8-12/h2-5,7-11H,1,6H2. The second kappa shape index (κ2) is 5.65. The van der Waals surface area contributed by atoms with E-state index in [1.807, 2.05) is 18.2 Å². The first-order chi connectivity index (χ1) is 9.81. The number of aryl methyl sites for hydroxylation is 2. The van der Waals surface area contributed by atoms with E-state index in [4.69, 9.17) is 4.52 Å². The monoisotopic (exact) mass is 268 g/mol. The van der Waals surface area contributed by atoms with Crippen molar-refractivity contribution in [3.63, 3.8) is 0 Å². The van der Waals surface area contributed by atoms with E-state index < -0.39 is 0 Å². The van der Waals surface area contributed by atoms with E-state index in [1.165, 1.54) is 17.7 Å². The van der Waals surface area contributed by atoms with Crippen LogP contribution in [0.3, 0.4) is 0 Å². The van der Waals surface area contributed by atoms with Crippen LogP contribution in [-0.2, 0) is 12.8 Å². The Balaban J connectivity index is 1.69. The minimum atomic E-state index is -0.254. The minimum absolute atomic E-state index is 0.254. The van der Waals surface area contributed by atoms with Gasteiger partial charge in [0.1, 0.15) is 17.3 Å². The molecule has 0 amide bonds. The van der Waals surface area contributed by atoms with Crippen LogP contribution in [0.4, 0.5) is 4.39 Å². The largest absolute Gasteiger partial charge is 0.361 e. The van der Waals surface area contributed by atoms with E-state index in [-0.39, 0.29) is 5.82 Å². The minimum Gasteiger partial charge on any atom is -0.361 e. The summed E-state index contributed by atoms with van der Waals surface area (Å²) in [6, 6.07) is 12.1. The van der Waals surface area contributed by atoms with E-state index in [0.29, 0.717) is 0 Å². The third-order valence-electron chi connectivity index (χ3n) is 3.11. The molecule has 0 aliphatic heterocycles. The third-order valence-corrected chi connectivity index (χ3v) is 3.11. The first kappa shape index (κ1) is 12.5. The first-order valence-corrected chi connectivity index (χ1v) is 6.42. The van der Waals surface area contributed by atoms with Gasteiger partial charge in [-0.1, -0.05) is 5.16 Å². The maximum Gasteiger partial charge on any atom is 0.137 e. The van der Waals surface area contributed by atoms with Crippen LogP contribution in [0.25, 0.3) is 11.3 Å². The van der Waals surface area contributed by atoms with Crippen molar-refractivity contribution in [3.05, 3.63) is 72.0 Å². The van der Waals surface area contributed by atoms with Gasteiger partial charge in [-0.3, -0.25) is 4.98 Å². The molecule has 0 atom stereocenters. The van der Waals surface area contributed by atoms with E-state index in [0.717, 1.165) is 29.9 Å². The molecule has 3 nitrogen and oxygen atoms in total. The lowest BCUT2D eigenvalue weighted by atomic mass is 10.1. The topological polar surface area (TPSA) is 38.9 Å². The molecule has 100 valence electrons. The zero-order chi connectivity index (χ0) is 13.8. The zero-order valence-corrected chi connectivity index (χ0v) is 10.8. The van der Waals surface area contributed by atoms with Gasteiger partial charge in [0.05, 0.1) is 0 Å². The molecule has 3 aromatic rings. The van der Waals surface area contributed by atoms with Crippen LogP contribution < -0.4 is 0 Å². The molecule has 20 heavy (non-hydrogen) atoms. The van der Waals surface area contributed by atoms with E-state index in [9.17, 15) is 4.39 Å². The molecule has 0 saturated heterocycles. The van der Waals surface area contributed by atoms with Gasteiger partial charge in [0, 0.05) is 30.4 Å². The van der Waals surface area contributed by atoms with E-state index in [2.05, 4.69) is 10.1 Å². The normalized spacial score (nSPS) is 10.7. The van der Waals surface area contributed by atoms with Crippen molar-refractivity contribution in [1.82, 2.24) is 10.1 Å². The molecule has 0 saturated carbocycles. The molecule has 0 N–H and O–H groups in total. The highest BCUT2D eigenvalue weighted by molar-refractivity contribution is 5.58. The SMILES string of the molecule is Fc1ccc(-c2cc(CCc3ccncc3)on2)cc1. The summed E-state index contributed by atoms with van der Waals surface area (Å²) in [5.74, 6) is 0.566. The van der Waals surface area contributed by atoms with Crippen molar-refractivity contribution in [2.45, 2.75) is 12.8 Å². The number of hydrogen-bond acceptors (Lipinski definition) is 3. The summed E-state index contributed by atoms with van der Waals surface area (Å²) >= 11 is 0. The Bertz CT molecular complexity index is 677. The molecule has 0 bridgehead atoms. The van der Waals surface area contributed by atoms with Crippen LogP contribution in [0.1, 0.15) is 11.3 Å². The molecule has 2 aromatic heterocycles. The predicted molar refractivity (Wildman–Crippen MR) is 73.5 cm³/mol. The lowest BCUT2D eigenvalue weighted by Gasteiger charge is -1.96. The number of pyridine rings is 1. The Hall–Kier alpha value is -2.49. The highest BCUT2D eigenvalue weighted by Gasteiger charge is 2.07. The van der Waals surface area contributed by atoms with Crippen LogP contribution in [0.2, 0.25) is 0 Å². The molecule has 0 spiro atoms. The smallest absolute Gasteiger partial charge is 0.137 e. The van der Waals surface area contributed by atoms with Crippen molar-refractivity contribution >= 4 is 0 Å².